The highest BCUT2D eigenvalue weighted by atomic mass is 16.5. The molecule has 0 rings (SSSR count). The van der Waals surface area contributed by atoms with Crippen molar-refractivity contribution in [1.29, 1.82) is 0 Å². The van der Waals surface area contributed by atoms with Crippen molar-refractivity contribution in [3.63, 3.8) is 0 Å². The first-order valence-electron chi connectivity index (χ1n) is 6.63. The summed E-state index contributed by atoms with van der Waals surface area (Å²) in [6.07, 6.45) is 6.07. The van der Waals surface area contributed by atoms with Crippen LogP contribution in [0.4, 0.5) is 0 Å². The topological polar surface area (TPSA) is 55.4 Å². The Hall–Kier alpha value is -1.06. The van der Waals surface area contributed by atoms with Crippen molar-refractivity contribution in [3.05, 3.63) is 0 Å². The van der Waals surface area contributed by atoms with Gasteiger partial charge in [0.25, 0.3) is 0 Å². The van der Waals surface area contributed by atoms with Crippen LogP contribution in [0.5, 0.6) is 0 Å². The predicted octanol–water partition coefficient (Wildman–Crippen LogP) is 2.42. The number of esters is 1. The van der Waals surface area contributed by atoms with Gasteiger partial charge >= 0.3 is 5.97 Å². The van der Waals surface area contributed by atoms with Crippen LogP contribution in [0, 0.1) is 0 Å². The van der Waals surface area contributed by atoms with Gasteiger partial charge in [0.2, 0.25) is 5.91 Å². The van der Waals surface area contributed by atoms with Crippen molar-refractivity contribution in [2.24, 2.45) is 0 Å². The molecule has 0 bridgehead atoms. The van der Waals surface area contributed by atoms with Gasteiger partial charge in [0.1, 0.15) is 0 Å². The van der Waals surface area contributed by atoms with E-state index in [1.54, 1.807) is 6.92 Å². The molecule has 0 saturated heterocycles. The first kappa shape index (κ1) is 15.9. The lowest BCUT2D eigenvalue weighted by atomic mass is 10.1. The minimum atomic E-state index is -0.190. The standard InChI is InChI=1S/C13H25NO3/c1-3-5-6-7-9-12(15)14-11-8-10-13(16)17-4-2/h3-11H2,1-2H3,(H,14,15). The Morgan fingerprint density at radius 3 is 2.41 bits per heavy atom. The van der Waals surface area contributed by atoms with Crippen molar-refractivity contribution in [3.8, 4) is 0 Å². The highest BCUT2D eigenvalue weighted by molar-refractivity contribution is 5.75. The van der Waals surface area contributed by atoms with Gasteiger partial charge in [0.15, 0.2) is 0 Å². The second-order valence-corrected chi connectivity index (χ2v) is 4.07. The number of carbonyl (C=O) groups excluding carboxylic acids is 2. The summed E-state index contributed by atoms with van der Waals surface area (Å²) in [7, 11) is 0. The lowest BCUT2D eigenvalue weighted by Gasteiger charge is -2.05. The molecule has 0 heterocycles. The molecule has 0 aliphatic rings. The molecule has 0 aliphatic heterocycles. The average Bonchev–Trinajstić information content (AvgIpc) is 2.31. The fourth-order valence-corrected chi connectivity index (χ4v) is 1.49. The maximum absolute atomic E-state index is 11.3. The molecule has 0 aliphatic carbocycles. The third-order valence-corrected chi connectivity index (χ3v) is 2.44. The quantitative estimate of drug-likeness (QED) is 0.473. The Morgan fingerprint density at radius 2 is 1.76 bits per heavy atom. The molecular weight excluding hydrogens is 218 g/mol. The summed E-state index contributed by atoms with van der Waals surface area (Å²) in [5.74, 6) is -0.102. The number of ether oxygens (including phenoxy) is 1. The van der Waals surface area contributed by atoms with Crippen molar-refractivity contribution >= 4 is 11.9 Å². The van der Waals surface area contributed by atoms with Gasteiger partial charge in [-0.15, -0.1) is 0 Å². The molecule has 0 atom stereocenters. The average molecular weight is 243 g/mol. The fraction of sp³-hybridized carbons (Fsp3) is 0.846. The van der Waals surface area contributed by atoms with Gasteiger partial charge < -0.3 is 10.1 Å². The third-order valence-electron chi connectivity index (χ3n) is 2.44. The molecule has 0 aromatic carbocycles. The lowest BCUT2D eigenvalue weighted by molar-refractivity contribution is -0.143. The van der Waals surface area contributed by atoms with Gasteiger partial charge in [-0.1, -0.05) is 26.2 Å². The van der Waals surface area contributed by atoms with Crippen molar-refractivity contribution in [2.45, 2.75) is 58.8 Å². The molecule has 0 fully saturated rings. The summed E-state index contributed by atoms with van der Waals surface area (Å²) < 4.78 is 4.79. The summed E-state index contributed by atoms with van der Waals surface area (Å²) >= 11 is 0. The zero-order valence-corrected chi connectivity index (χ0v) is 11.1. The highest BCUT2D eigenvalue weighted by Crippen LogP contribution is 2.02. The highest BCUT2D eigenvalue weighted by Gasteiger charge is 2.03. The number of rotatable bonds is 10. The zero-order chi connectivity index (χ0) is 12.9. The summed E-state index contributed by atoms with van der Waals surface area (Å²) in [6.45, 7) is 4.92. The minimum absolute atomic E-state index is 0.0879. The summed E-state index contributed by atoms with van der Waals surface area (Å²) in [5, 5.41) is 2.81. The van der Waals surface area contributed by atoms with E-state index in [0.29, 0.717) is 32.4 Å². The monoisotopic (exact) mass is 243 g/mol. The maximum Gasteiger partial charge on any atom is 0.305 e. The summed E-state index contributed by atoms with van der Waals surface area (Å²) in [6, 6.07) is 0. The number of hydrogen-bond donors (Lipinski definition) is 1. The minimum Gasteiger partial charge on any atom is -0.466 e. The molecule has 0 aromatic heterocycles. The molecule has 100 valence electrons. The predicted molar refractivity (Wildman–Crippen MR) is 67.6 cm³/mol. The Balaban J connectivity index is 3.30. The Morgan fingerprint density at radius 1 is 1.00 bits per heavy atom. The van der Waals surface area contributed by atoms with Crippen LogP contribution in [0.3, 0.4) is 0 Å². The second kappa shape index (κ2) is 11.4. The fourth-order valence-electron chi connectivity index (χ4n) is 1.49. The normalized spacial score (nSPS) is 10.0. The third kappa shape index (κ3) is 11.2. The lowest BCUT2D eigenvalue weighted by Crippen LogP contribution is -2.24. The van der Waals surface area contributed by atoms with Crippen LogP contribution in [-0.2, 0) is 14.3 Å². The first-order valence-corrected chi connectivity index (χ1v) is 6.63. The van der Waals surface area contributed by atoms with E-state index in [0.717, 1.165) is 12.8 Å². The number of unbranched alkanes of at least 4 members (excludes halogenated alkanes) is 3. The van der Waals surface area contributed by atoms with E-state index in [2.05, 4.69) is 12.2 Å². The van der Waals surface area contributed by atoms with Crippen LogP contribution in [0.1, 0.15) is 58.8 Å². The van der Waals surface area contributed by atoms with E-state index in [-0.39, 0.29) is 11.9 Å². The molecule has 4 nitrogen and oxygen atoms in total. The maximum atomic E-state index is 11.3. The number of amides is 1. The van der Waals surface area contributed by atoms with Crippen molar-refractivity contribution < 1.29 is 14.3 Å². The van der Waals surface area contributed by atoms with Crippen molar-refractivity contribution in [1.82, 2.24) is 5.32 Å². The van der Waals surface area contributed by atoms with Crippen LogP contribution in [0.15, 0.2) is 0 Å². The molecule has 0 aromatic rings. The molecule has 0 saturated carbocycles. The number of hydrogen-bond acceptors (Lipinski definition) is 3. The van der Waals surface area contributed by atoms with Crippen LogP contribution in [-0.4, -0.2) is 25.0 Å². The molecule has 0 radical (unpaired) electrons. The number of nitrogens with one attached hydrogen (secondary N) is 1. The largest absolute Gasteiger partial charge is 0.466 e. The van der Waals surface area contributed by atoms with E-state index >= 15 is 0 Å². The summed E-state index contributed by atoms with van der Waals surface area (Å²) in [4.78, 5) is 22.3. The van der Waals surface area contributed by atoms with Crippen LogP contribution >= 0.6 is 0 Å². The Kier molecular flexibility index (Phi) is 10.7. The summed E-state index contributed by atoms with van der Waals surface area (Å²) in [5.41, 5.74) is 0. The molecule has 1 amide bonds. The molecule has 1 N–H and O–H groups in total. The SMILES string of the molecule is CCCCCCC(=O)NCCCC(=O)OCC. The second-order valence-electron chi connectivity index (χ2n) is 4.07. The molecule has 4 heteroatoms. The van der Waals surface area contributed by atoms with Gasteiger partial charge in [-0.2, -0.15) is 0 Å². The molecule has 0 spiro atoms. The van der Waals surface area contributed by atoms with Crippen LogP contribution in [0.2, 0.25) is 0 Å². The van der Waals surface area contributed by atoms with Crippen LogP contribution in [0.25, 0.3) is 0 Å². The molecule has 17 heavy (non-hydrogen) atoms. The van der Waals surface area contributed by atoms with Crippen LogP contribution < -0.4 is 5.32 Å². The van der Waals surface area contributed by atoms with E-state index in [9.17, 15) is 9.59 Å². The van der Waals surface area contributed by atoms with E-state index in [1.165, 1.54) is 12.8 Å². The number of carbonyl (C=O) groups is 2. The van der Waals surface area contributed by atoms with Gasteiger partial charge in [-0.3, -0.25) is 9.59 Å². The molecule has 0 unspecified atom stereocenters. The smallest absolute Gasteiger partial charge is 0.305 e. The van der Waals surface area contributed by atoms with E-state index < -0.39 is 0 Å². The van der Waals surface area contributed by atoms with Gasteiger partial charge in [0.05, 0.1) is 6.61 Å². The van der Waals surface area contributed by atoms with E-state index in [4.69, 9.17) is 4.74 Å². The Labute approximate surface area is 104 Å². The van der Waals surface area contributed by atoms with Crippen molar-refractivity contribution in [2.75, 3.05) is 13.2 Å². The Bertz CT molecular complexity index is 217. The zero-order valence-electron chi connectivity index (χ0n) is 11.1. The van der Waals surface area contributed by atoms with Gasteiger partial charge in [0, 0.05) is 19.4 Å². The van der Waals surface area contributed by atoms with Gasteiger partial charge in [-0.25, -0.2) is 0 Å². The van der Waals surface area contributed by atoms with E-state index in [1.807, 2.05) is 0 Å². The van der Waals surface area contributed by atoms with Gasteiger partial charge in [-0.05, 0) is 19.8 Å². The molecular formula is C13H25NO3. The first-order chi connectivity index (χ1) is 8.20.